The molecule has 0 aliphatic rings. The van der Waals surface area contributed by atoms with Crippen molar-refractivity contribution in [2.75, 3.05) is 71.7 Å². The zero-order valence-electron chi connectivity index (χ0n) is 49.6. The normalized spacial score (nSPS) is 12.9. The van der Waals surface area contributed by atoms with E-state index < -0.39 is 39.9 Å². The molecular weight excluding hydrogens is 1090 g/mol. The lowest BCUT2D eigenvalue weighted by Gasteiger charge is -2.20. The number of aromatic hydroxyl groups is 1. The van der Waals surface area contributed by atoms with E-state index in [0.717, 1.165) is 56.9 Å². The first-order valence-electron chi connectivity index (χ1n) is 30.1. The van der Waals surface area contributed by atoms with Gasteiger partial charge in [0.2, 0.25) is 17.7 Å². The molecule has 0 aliphatic carbocycles. The van der Waals surface area contributed by atoms with Crippen LogP contribution in [0.15, 0.2) is 36.5 Å². The van der Waals surface area contributed by atoms with Gasteiger partial charge in [0.15, 0.2) is 5.78 Å². The minimum atomic E-state index is -3.85. The maximum atomic E-state index is 13.5. The first-order valence-corrected chi connectivity index (χ1v) is 31.7. The number of phenolic OH excluding ortho intramolecular Hbond substituents is 1. The van der Waals surface area contributed by atoms with E-state index in [1.165, 1.54) is 37.8 Å². The molecule has 22 nitrogen and oxygen atoms in total. The number of amidine groups is 1. The number of unbranched alkanes of at least 4 members (excludes halogenated alkanes) is 14. The van der Waals surface area contributed by atoms with E-state index in [9.17, 15) is 52.2 Å². The van der Waals surface area contributed by atoms with Gasteiger partial charge < -0.3 is 56.6 Å². The van der Waals surface area contributed by atoms with Crippen LogP contribution in [0.5, 0.6) is 5.75 Å². The van der Waals surface area contributed by atoms with Crippen molar-refractivity contribution < 1.29 is 75.7 Å². The van der Waals surface area contributed by atoms with Crippen molar-refractivity contribution in [3.63, 3.8) is 0 Å². The number of phenols is 1. The van der Waals surface area contributed by atoms with Crippen LogP contribution in [0.4, 0.5) is 0 Å². The molecule has 0 heterocycles. The van der Waals surface area contributed by atoms with E-state index in [0.29, 0.717) is 83.1 Å². The second-order valence-electron chi connectivity index (χ2n) is 21.7. The Morgan fingerprint density at radius 1 is 0.590 bits per heavy atom. The van der Waals surface area contributed by atoms with Gasteiger partial charge in [0.05, 0.1) is 44.6 Å². The Kier molecular flexibility index (Phi) is 43.7. The SMILES string of the molecule is C=C(CCCCCCCCCCCCCCCS(=O)(=O)O)N[C@@H](CCC(=O)NCCOCCOCC(=O)CCCOCCOCC(=O)NCCCC[C@H](C)C(=O)C[C@@H](CCCCC(=N)N)C(=O)C[C@@H](Cc1ccc(O)cc1)C(N)=O)C(=O)O. The summed E-state index contributed by atoms with van der Waals surface area (Å²) in [4.78, 5) is 87.8. The van der Waals surface area contributed by atoms with E-state index in [4.69, 9.17) is 40.4 Å². The number of hydrogen-bond donors (Lipinski definition) is 9. The van der Waals surface area contributed by atoms with Crippen LogP contribution >= 0.6 is 0 Å². The predicted octanol–water partition coefficient (Wildman–Crippen LogP) is 7.21. The van der Waals surface area contributed by atoms with Gasteiger partial charge in [-0.05, 0) is 81.9 Å². The molecule has 0 saturated carbocycles. The fraction of sp³-hybridized carbons (Fsp3) is 0.733. The fourth-order valence-corrected chi connectivity index (χ4v) is 9.71. The molecule has 1 rings (SSSR count). The minimum absolute atomic E-state index is 0.0223. The summed E-state index contributed by atoms with van der Waals surface area (Å²) in [7, 11) is -3.85. The number of nitrogens with one attached hydrogen (secondary N) is 4. The largest absolute Gasteiger partial charge is 0.508 e. The zero-order valence-corrected chi connectivity index (χ0v) is 50.4. The van der Waals surface area contributed by atoms with Gasteiger partial charge in [-0.15, -0.1) is 0 Å². The van der Waals surface area contributed by atoms with Crippen molar-refractivity contribution in [1.29, 1.82) is 5.41 Å². The van der Waals surface area contributed by atoms with Crippen molar-refractivity contribution in [2.45, 2.75) is 193 Å². The monoisotopic (exact) mass is 1190 g/mol. The van der Waals surface area contributed by atoms with Crippen LogP contribution in [0.3, 0.4) is 0 Å². The number of rotatable bonds is 58. The molecule has 0 aromatic heterocycles. The topological polar surface area (TPSA) is 363 Å². The number of carboxylic acids is 1. The van der Waals surface area contributed by atoms with E-state index in [2.05, 4.69) is 22.5 Å². The van der Waals surface area contributed by atoms with Crippen LogP contribution < -0.4 is 27.4 Å². The third-order valence-electron chi connectivity index (χ3n) is 14.1. The maximum absolute atomic E-state index is 13.5. The molecule has 23 heteroatoms. The van der Waals surface area contributed by atoms with E-state index in [-0.39, 0.29) is 144 Å². The van der Waals surface area contributed by atoms with E-state index in [1.807, 2.05) is 6.92 Å². The Morgan fingerprint density at radius 3 is 1.73 bits per heavy atom. The molecule has 0 unspecified atom stereocenters. The number of primary amides is 1. The van der Waals surface area contributed by atoms with Gasteiger partial charge in [-0.25, -0.2) is 4.79 Å². The van der Waals surface area contributed by atoms with Crippen LogP contribution in [-0.4, -0.2) is 148 Å². The number of aliphatic carboxylic acids is 1. The fourth-order valence-electron chi connectivity index (χ4n) is 9.15. The number of allylic oxidation sites excluding steroid dienone is 1. The zero-order chi connectivity index (χ0) is 61.5. The van der Waals surface area contributed by atoms with Gasteiger partial charge in [0.25, 0.3) is 10.1 Å². The number of carboxylic acid groups (broad SMARTS) is 1. The third-order valence-corrected chi connectivity index (χ3v) is 14.9. The molecule has 83 heavy (non-hydrogen) atoms. The van der Waals surface area contributed by atoms with Gasteiger partial charge in [0, 0.05) is 75.3 Å². The maximum Gasteiger partial charge on any atom is 0.326 e. The minimum Gasteiger partial charge on any atom is -0.508 e. The van der Waals surface area contributed by atoms with Crippen LogP contribution in [0.25, 0.3) is 0 Å². The summed E-state index contributed by atoms with van der Waals surface area (Å²) in [6.07, 6.45) is 19.1. The number of benzene rings is 1. The van der Waals surface area contributed by atoms with Gasteiger partial charge in [-0.3, -0.25) is 38.7 Å². The Balaban J connectivity index is 2.07. The number of ether oxygens (including phenoxy) is 4. The van der Waals surface area contributed by atoms with E-state index in [1.54, 1.807) is 12.1 Å². The van der Waals surface area contributed by atoms with Gasteiger partial charge >= 0.3 is 5.97 Å². The molecule has 0 saturated heterocycles. The highest BCUT2D eigenvalue weighted by Gasteiger charge is 2.29. The lowest BCUT2D eigenvalue weighted by atomic mass is 9.82. The highest BCUT2D eigenvalue weighted by atomic mass is 32.2. The number of amides is 3. The van der Waals surface area contributed by atoms with Gasteiger partial charge in [0.1, 0.15) is 36.6 Å². The summed E-state index contributed by atoms with van der Waals surface area (Å²) < 4.78 is 52.0. The molecule has 1 aromatic carbocycles. The van der Waals surface area contributed by atoms with Crippen molar-refractivity contribution in [3.8, 4) is 5.75 Å². The first kappa shape index (κ1) is 75.7. The summed E-state index contributed by atoms with van der Waals surface area (Å²) in [5.74, 6) is -4.30. The second kappa shape index (κ2) is 48.0. The Bertz CT molecular complexity index is 2150. The Labute approximate surface area is 493 Å². The van der Waals surface area contributed by atoms with Gasteiger partial charge in [-0.2, -0.15) is 8.42 Å². The third kappa shape index (κ3) is 44.8. The van der Waals surface area contributed by atoms with Gasteiger partial charge in [-0.1, -0.05) is 109 Å². The molecule has 0 spiro atoms. The van der Waals surface area contributed by atoms with Crippen LogP contribution in [-0.2, 0) is 69.0 Å². The number of carbonyl (C=O) groups is 7. The quantitative estimate of drug-likeness (QED) is 0.0135. The number of carbonyl (C=O) groups excluding carboxylic acids is 6. The number of ketones is 3. The van der Waals surface area contributed by atoms with Crippen molar-refractivity contribution >= 4 is 57.0 Å². The summed E-state index contributed by atoms with van der Waals surface area (Å²) >= 11 is 0. The second-order valence-corrected chi connectivity index (χ2v) is 23.2. The smallest absolute Gasteiger partial charge is 0.326 e. The molecule has 1 aromatic rings. The Hall–Kier alpha value is -5.33. The summed E-state index contributed by atoms with van der Waals surface area (Å²) in [6.45, 7) is 7.64. The van der Waals surface area contributed by atoms with Crippen LogP contribution in [0.1, 0.15) is 186 Å². The molecule has 0 aliphatic heterocycles. The van der Waals surface area contributed by atoms with Crippen LogP contribution in [0.2, 0.25) is 0 Å². The molecule has 0 radical (unpaired) electrons. The average molecular weight is 1200 g/mol. The molecule has 474 valence electrons. The molecule has 11 N–H and O–H groups in total. The van der Waals surface area contributed by atoms with E-state index >= 15 is 0 Å². The highest BCUT2D eigenvalue weighted by Crippen LogP contribution is 2.25. The highest BCUT2D eigenvalue weighted by molar-refractivity contribution is 7.85. The standard InChI is InChI=1S/C60H102N6O16S/c1-46(54(69)42-49(23-15-16-25-56(61)62)55(70)43-50(59(63)73)41-48-26-28-51(67)29-27-48)21-17-18-32-64-58(72)45-82-39-36-79-34-20-24-52(68)44-81-38-37-80-35-33-65-57(71)31-30-53(60(74)75)66-47(2)22-14-12-10-8-6-4-3-5-7-9-11-13-19-40-83(76,77)78/h26-29,46,49-50,53,66-67H,2-25,30-45H2,1H3,(H3,61,62)(H2,63,73)(H,64,72)(H,65,71)(H,74,75)(H,76,77,78)/t46-,49+,50+,53-/m0/s1. The number of hydrogen-bond acceptors (Lipinski definition) is 16. The van der Waals surface area contributed by atoms with Crippen molar-refractivity contribution in [3.05, 3.63) is 42.1 Å². The lowest BCUT2D eigenvalue weighted by molar-refractivity contribution is -0.139. The van der Waals surface area contributed by atoms with Crippen molar-refractivity contribution in [2.24, 2.45) is 29.2 Å². The summed E-state index contributed by atoms with van der Waals surface area (Å²) in [6, 6.07) is 5.42. The molecule has 4 atom stereocenters. The molecule has 0 fully saturated rings. The van der Waals surface area contributed by atoms with Crippen LogP contribution in [0, 0.1) is 23.2 Å². The average Bonchev–Trinajstić information content (AvgIpc) is 3.43. The summed E-state index contributed by atoms with van der Waals surface area (Å²) in [5.41, 5.74) is 12.6. The first-order chi connectivity index (χ1) is 39.7. The van der Waals surface area contributed by atoms with Crippen molar-refractivity contribution in [1.82, 2.24) is 16.0 Å². The molecule has 3 amide bonds. The molecule has 0 bridgehead atoms. The molecular formula is C60H102N6O16S. The Morgan fingerprint density at radius 2 is 1.13 bits per heavy atom. The number of Topliss-reactive ketones (excluding diaryl/α,β-unsaturated/α-hetero) is 3. The lowest BCUT2D eigenvalue weighted by Crippen LogP contribution is -2.37. The summed E-state index contributed by atoms with van der Waals surface area (Å²) in [5, 5.41) is 35.3. The number of nitrogens with two attached hydrogens (primary N) is 2. The predicted molar refractivity (Wildman–Crippen MR) is 318 cm³/mol.